The highest BCUT2D eigenvalue weighted by Gasteiger charge is 2.64. The van der Waals surface area contributed by atoms with Gasteiger partial charge in [-0.15, -0.1) is 0 Å². The number of halogens is 1. The molecule has 0 radical (unpaired) electrons. The van der Waals surface area contributed by atoms with Crippen LogP contribution in [0.25, 0.3) is 0 Å². The molecule has 0 spiro atoms. The fourth-order valence-electron chi connectivity index (χ4n) is 5.30. The number of allylic oxidation sites excluding steroid dienone is 2. The van der Waals surface area contributed by atoms with Crippen molar-refractivity contribution < 1.29 is 4.39 Å². The molecule has 3 fully saturated rings. The second kappa shape index (κ2) is 2.10. The van der Waals surface area contributed by atoms with E-state index in [0.717, 1.165) is 36.0 Å². The first-order chi connectivity index (χ1) is 6.67. The summed E-state index contributed by atoms with van der Waals surface area (Å²) in [5, 5.41) is 0. The highest BCUT2D eigenvalue weighted by Crippen LogP contribution is 2.68. The quantitative estimate of drug-likeness (QED) is 0.408. The normalized spacial score (nSPS) is 67.9. The highest BCUT2D eigenvalue weighted by atomic mass is 19.1. The van der Waals surface area contributed by atoms with Gasteiger partial charge in [-0.25, -0.2) is 4.39 Å². The molecule has 1 heteroatoms. The standard InChI is InChI=1S/C13H17F/c1-13(14)6-9-5-10(13)12-8-3-2-7(4-8)11(9)12/h2-3,7-12H,4-6H2,1H3. The summed E-state index contributed by atoms with van der Waals surface area (Å²) in [6, 6.07) is 0. The van der Waals surface area contributed by atoms with Crippen molar-refractivity contribution in [1.29, 1.82) is 0 Å². The Morgan fingerprint density at radius 3 is 2.64 bits per heavy atom. The Morgan fingerprint density at radius 2 is 1.86 bits per heavy atom. The third-order valence-corrected chi connectivity index (χ3v) is 5.58. The third kappa shape index (κ3) is 0.697. The molecule has 0 nitrogen and oxygen atoms in total. The zero-order valence-electron chi connectivity index (χ0n) is 8.62. The average Bonchev–Trinajstić information content (AvgIpc) is 2.73. The predicted octanol–water partition coefficient (Wildman–Crippen LogP) is 3.19. The molecule has 0 aromatic carbocycles. The molecular formula is C13H17F. The van der Waals surface area contributed by atoms with Gasteiger partial charge in [0.25, 0.3) is 0 Å². The van der Waals surface area contributed by atoms with Crippen molar-refractivity contribution in [1.82, 2.24) is 0 Å². The molecular weight excluding hydrogens is 175 g/mol. The summed E-state index contributed by atoms with van der Waals surface area (Å²) in [6.07, 6.45) is 8.19. The maximum absolute atomic E-state index is 14.2. The van der Waals surface area contributed by atoms with Gasteiger partial charge in [-0.3, -0.25) is 0 Å². The number of fused-ring (bicyclic) bond motifs is 9. The molecule has 3 saturated carbocycles. The maximum Gasteiger partial charge on any atom is 0.111 e. The monoisotopic (exact) mass is 192 g/mol. The molecule has 14 heavy (non-hydrogen) atoms. The van der Waals surface area contributed by atoms with E-state index in [9.17, 15) is 4.39 Å². The lowest BCUT2D eigenvalue weighted by molar-refractivity contribution is 0.0348. The van der Waals surface area contributed by atoms with Crippen LogP contribution in [0, 0.1) is 35.5 Å². The van der Waals surface area contributed by atoms with E-state index in [1.807, 2.05) is 6.92 Å². The van der Waals surface area contributed by atoms with Crippen molar-refractivity contribution in [3.05, 3.63) is 12.2 Å². The molecule has 0 saturated heterocycles. The van der Waals surface area contributed by atoms with Gasteiger partial charge in [-0.1, -0.05) is 12.2 Å². The van der Waals surface area contributed by atoms with Crippen molar-refractivity contribution >= 4 is 0 Å². The van der Waals surface area contributed by atoms with Crippen molar-refractivity contribution in [3.8, 4) is 0 Å². The Labute approximate surface area is 84.6 Å². The van der Waals surface area contributed by atoms with Gasteiger partial charge in [0.2, 0.25) is 0 Å². The first-order valence-corrected chi connectivity index (χ1v) is 6.04. The molecule has 0 amide bonds. The molecule has 0 aliphatic heterocycles. The molecule has 4 bridgehead atoms. The average molecular weight is 192 g/mol. The first kappa shape index (κ1) is 7.90. The van der Waals surface area contributed by atoms with Crippen molar-refractivity contribution in [3.63, 3.8) is 0 Å². The zero-order chi connectivity index (χ0) is 9.50. The Kier molecular flexibility index (Phi) is 1.18. The molecule has 7 unspecified atom stereocenters. The minimum atomic E-state index is -0.829. The summed E-state index contributed by atoms with van der Waals surface area (Å²) in [5.74, 6) is 4.29. The van der Waals surface area contributed by atoms with E-state index in [-0.39, 0.29) is 0 Å². The maximum atomic E-state index is 14.2. The van der Waals surface area contributed by atoms with Crippen LogP contribution < -0.4 is 0 Å². The van der Waals surface area contributed by atoms with Gasteiger partial charge in [0.1, 0.15) is 5.67 Å². The van der Waals surface area contributed by atoms with E-state index in [0.29, 0.717) is 5.92 Å². The van der Waals surface area contributed by atoms with Crippen LogP contribution in [0.4, 0.5) is 4.39 Å². The van der Waals surface area contributed by atoms with E-state index in [1.165, 1.54) is 12.8 Å². The van der Waals surface area contributed by atoms with Crippen LogP contribution in [-0.2, 0) is 0 Å². The summed E-state index contributed by atoms with van der Waals surface area (Å²) in [7, 11) is 0. The summed E-state index contributed by atoms with van der Waals surface area (Å²) in [4.78, 5) is 0. The Bertz CT molecular complexity index is 317. The lowest BCUT2D eigenvalue weighted by Crippen LogP contribution is -2.38. The minimum Gasteiger partial charge on any atom is -0.244 e. The number of alkyl halides is 1. The van der Waals surface area contributed by atoms with Crippen LogP contribution >= 0.6 is 0 Å². The van der Waals surface area contributed by atoms with E-state index < -0.39 is 5.67 Å². The lowest BCUT2D eigenvalue weighted by atomic mass is 9.69. The Hall–Kier alpha value is -0.330. The molecule has 0 heterocycles. The number of hydrogen-bond donors (Lipinski definition) is 0. The second-order valence-corrected chi connectivity index (χ2v) is 6.19. The van der Waals surface area contributed by atoms with Crippen molar-refractivity contribution in [2.75, 3.05) is 0 Å². The Morgan fingerprint density at radius 1 is 1.14 bits per heavy atom. The summed E-state index contributed by atoms with van der Waals surface area (Å²) in [5.41, 5.74) is -0.829. The van der Waals surface area contributed by atoms with Crippen LogP contribution in [0.15, 0.2) is 12.2 Å². The summed E-state index contributed by atoms with van der Waals surface area (Å²) < 4.78 is 14.2. The van der Waals surface area contributed by atoms with E-state index >= 15 is 0 Å². The van der Waals surface area contributed by atoms with E-state index in [2.05, 4.69) is 12.2 Å². The molecule has 0 aromatic heterocycles. The largest absolute Gasteiger partial charge is 0.244 e. The first-order valence-electron chi connectivity index (χ1n) is 6.04. The van der Waals surface area contributed by atoms with Crippen LogP contribution in [0.3, 0.4) is 0 Å². The lowest BCUT2D eigenvalue weighted by Gasteiger charge is -2.38. The molecule has 0 aromatic rings. The highest BCUT2D eigenvalue weighted by molar-refractivity contribution is 5.22. The topological polar surface area (TPSA) is 0 Å². The molecule has 0 N–H and O–H groups in total. The summed E-state index contributed by atoms with van der Waals surface area (Å²) in [6.45, 7) is 1.85. The molecule has 76 valence electrons. The second-order valence-electron chi connectivity index (χ2n) is 6.19. The van der Waals surface area contributed by atoms with Gasteiger partial charge in [-0.2, -0.15) is 0 Å². The Balaban J connectivity index is 1.79. The van der Waals surface area contributed by atoms with Gasteiger partial charge < -0.3 is 0 Å². The fourth-order valence-corrected chi connectivity index (χ4v) is 5.30. The van der Waals surface area contributed by atoms with Gasteiger partial charge in [-0.05, 0) is 61.7 Å². The zero-order valence-corrected chi connectivity index (χ0v) is 8.62. The number of hydrogen-bond acceptors (Lipinski definition) is 0. The molecule has 4 rings (SSSR count). The summed E-state index contributed by atoms with van der Waals surface area (Å²) >= 11 is 0. The van der Waals surface area contributed by atoms with E-state index in [1.54, 1.807) is 0 Å². The van der Waals surface area contributed by atoms with Crippen LogP contribution in [0.2, 0.25) is 0 Å². The SMILES string of the molecule is CC1(F)CC2CC1C1C3C=CC(C3)C21. The van der Waals surface area contributed by atoms with Gasteiger partial charge >= 0.3 is 0 Å². The number of rotatable bonds is 0. The van der Waals surface area contributed by atoms with Crippen molar-refractivity contribution in [2.24, 2.45) is 35.5 Å². The van der Waals surface area contributed by atoms with Crippen molar-refractivity contribution in [2.45, 2.75) is 31.9 Å². The van der Waals surface area contributed by atoms with Gasteiger partial charge in [0.05, 0.1) is 0 Å². The molecule has 4 aliphatic carbocycles. The van der Waals surface area contributed by atoms with Crippen LogP contribution in [-0.4, -0.2) is 5.67 Å². The van der Waals surface area contributed by atoms with E-state index in [4.69, 9.17) is 0 Å². The minimum absolute atomic E-state index is 0.400. The van der Waals surface area contributed by atoms with Crippen LogP contribution in [0.1, 0.15) is 26.2 Å². The predicted molar refractivity (Wildman–Crippen MR) is 53.4 cm³/mol. The fraction of sp³-hybridized carbons (Fsp3) is 0.846. The smallest absolute Gasteiger partial charge is 0.111 e. The van der Waals surface area contributed by atoms with Gasteiger partial charge in [0, 0.05) is 0 Å². The van der Waals surface area contributed by atoms with Gasteiger partial charge in [0.15, 0.2) is 0 Å². The third-order valence-electron chi connectivity index (χ3n) is 5.58. The molecule has 7 atom stereocenters. The van der Waals surface area contributed by atoms with Crippen LogP contribution in [0.5, 0.6) is 0 Å². The molecule has 4 aliphatic rings.